The van der Waals surface area contributed by atoms with Crippen LogP contribution in [-0.2, 0) is 11.2 Å². The van der Waals surface area contributed by atoms with Gasteiger partial charge in [0.15, 0.2) is 17.3 Å². The van der Waals surface area contributed by atoms with Crippen LogP contribution in [0.4, 0.5) is 0 Å². The van der Waals surface area contributed by atoms with Crippen LogP contribution in [0.1, 0.15) is 38.8 Å². The van der Waals surface area contributed by atoms with E-state index in [1.54, 1.807) is 31.2 Å². The third kappa shape index (κ3) is 2.69. The molecule has 0 saturated heterocycles. The number of rotatable bonds is 3. The van der Waals surface area contributed by atoms with Crippen LogP contribution < -0.4 is 14.8 Å². The van der Waals surface area contributed by atoms with Gasteiger partial charge in [0.2, 0.25) is 6.79 Å². The summed E-state index contributed by atoms with van der Waals surface area (Å²) in [5, 5.41) is 3.24. The first kappa shape index (κ1) is 17.5. The predicted molar refractivity (Wildman–Crippen MR) is 104 cm³/mol. The zero-order valence-electron chi connectivity index (χ0n) is 15.7. The van der Waals surface area contributed by atoms with E-state index in [9.17, 15) is 14.4 Å². The lowest BCUT2D eigenvalue weighted by Crippen LogP contribution is -2.42. The number of ketones is 1. The van der Waals surface area contributed by atoms with Gasteiger partial charge in [-0.1, -0.05) is 12.1 Å². The van der Waals surface area contributed by atoms with Crippen LogP contribution in [0, 0.1) is 0 Å². The summed E-state index contributed by atoms with van der Waals surface area (Å²) >= 11 is 0. The quantitative estimate of drug-likeness (QED) is 0.639. The smallest absolute Gasteiger partial charge is 0.262 e. The van der Waals surface area contributed by atoms with Gasteiger partial charge in [0.25, 0.3) is 11.8 Å². The third-order valence-electron chi connectivity index (χ3n) is 5.51. The number of fused-ring (bicyclic) bond motifs is 3. The van der Waals surface area contributed by atoms with Crippen molar-refractivity contribution in [3.63, 3.8) is 0 Å². The van der Waals surface area contributed by atoms with Gasteiger partial charge in [-0.3, -0.25) is 19.3 Å². The van der Waals surface area contributed by atoms with Crippen LogP contribution in [0.5, 0.6) is 11.5 Å². The van der Waals surface area contributed by atoms with Crippen molar-refractivity contribution in [1.82, 2.24) is 10.2 Å². The zero-order chi connectivity index (χ0) is 20.1. The van der Waals surface area contributed by atoms with Crippen molar-refractivity contribution in [2.24, 2.45) is 0 Å². The second-order valence-corrected chi connectivity index (χ2v) is 7.20. The van der Waals surface area contributed by atoms with E-state index in [1.807, 2.05) is 12.1 Å². The SMILES string of the molecule is CC(C(=O)C=C1NCCc2cc3c(cc21)OCO3)N1C(=O)c2ccccc2C1=O. The Morgan fingerprint density at radius 3 is 2.41 bits per heavy atom. The number of benzene rings is 2. The second kappa shape index (κ2) is 6.48. The van der Waals surface area contributed by atoms with Gasteiger partial charge in [0.05, 0.1) is 11.1 Å². The van der Waals surface area contributed by atoms with Gasteiger partial charge in [-0.25, -0.2) is 0 Å². The lowest BCUT2D eigenvalue weighted by Gasteiger charge is -2.23. The number of carbonyl (C=O) groups excluding carboxylic acids is 3. The van der Waals surface area contributed by atoms with E-state index in [2.05, 4.69) is 5.32 Å². The summed E-state index contributed by atoms with van der Waals surface area (Å²) in [6.07, 6.45) is 2.26. The summed E-state index contributed by atoms with van der Waals surface area (Å²) < 4.78 is 10.9. The molecule has 0 radical (unpaired) electrons. The molecule has 1 N–H and O–H groups in total. The van der Waals surface area contributed by atoms with Crippen LogP contribution in [0.15, 0.2) is 42.5 Å². The number of amides is 2. The molecule has 146 valence electrons. The van der Waals surface area contributed by atoms with Gasteiger partial charge in [-0.2, -0.15) is 0 Å². The standard InChI is InChI=1S/C22H18N2O5/c1-12(24-21(26)14-4-2-3-5-15(14)22(24)27)18(25)10-17-16-9-20-19(28-11-29-20)8-13(16)6-7-23-17/h2-5,8-10,12,23H,6-7,11H2,1H3. The third-order valence-corrected chi connectivity index (χ3v) is 5.51. The summed E-state index contributed by atoms with van der Waals surface area (Å²) in [4.78, 5) is 39.3. The van der Waals surface area contributed by atoms with Crippen LogP contribution in [0.2, 0.25) is 0 Å². The normalized spacial score (nSPS) is 19.1. The second-order valence-electron chi connectivity index (χ2n) is 7.20. The van der Waals surface area contributed by atoms with Gasteiger partial charge in [0.1, 0.15) is 6.04 Å². The minimum atomic E-state index is -0.906. The minimum Gasteiger partial charge on any atom is -0.454 e. The summed E-state index contributed by atoms with van der Waals surface area (Å²) in [5.74, 6) is 0.137. The minimum absolute atomic E-state index is 0.181. The molecule has 0 bridgehead atoms. The maximum absolute atomic E-state index is 13.0. The van der Waals surface area contributed by atoms with Crippen molar-refractivity contribution < 1.29 is 23.9 Å². The van der Waals surface area contributed by atoms with Crippen LogP contribution in [0.3, 0.4) is 0 Å². The maximum Gasteiger partial charge on any atom is 0.262 e. The van der Waals surface area contributed by atoms with Crippen molar-refractivity contribution in [1.29, 1.82) is 0 Å². The first-order valence-corrected chi connectivity index (χ1v) is 9.44. The molecule has 2 amide bonds. The molecule has 0 aromatic heterocycles. The molecule has 3 aliphatic rings. The fourth-order valence-corrected chi connectivity index (χ4v) is 3.95. The Hall–Kier alpha value is -3.61. The fourth-order valence-electron chi connectivity index (χ4n) is 3.95. The lowest BCUT2D eigenvalue weighted by molar-refractivity contribution is -0.117. The van der Waals surface area contributed by atoms with Gasteiger partial charge in [0, 0.05) is 23.9 Å². The van der Waals surface area contributed by atoms with E-state index in [0.717, 1.165) is 22.4 Å². The zero-order valence-corrected chi connectivity index (χ0v) is 15.7. The molecule has 0 spiro atoms. The summed E-state index contributed by atoms with van der Waals surface area (Å²) in [6, 6.07) is 9.50. The largest absolute Gasteiger partial charge is 0.454 e. The Balaban J connectivity index is 1.45. The molecule has 0 fully saturated rings. The topological polar surface area (TPSA) is 84.9 Å². The number of nitrogens with zero attached hydrogens (tertiary/aromatic N) is 1. The Morgan fingerprint density at radius 1 is 1.07 bits per heavy atom. The van der Waals surface area contributed by atoms with Crippen LogP contribution in [-0.4, -0.2) is 41.9 Å². The Bertz CT molecular complexity index is 1070. The average Bonchev–Trinajstić information content (AvgIpc) is 3.29. The molecule has 29 heavy (non-hydrogen) atoms. The molecular weight excluding hydrogens is 372 g/mol. The average molecular weight is 390 g/mol. The van der Waals surface area contributed by atoms with E-state index >= 15 is 0 Å². The van der Waals surface area contributed by atoms with Crippen molar-refractivity contribution in [2.75, 3.05) is 13.3 Å². The summed E-state index contributed by atoms with van der Waals surface area (Å²) in [7, 11) is 0. The molecule has 2 aromatic carbocycles. The number of carbonyl (C=O) groups is 3. The van der Waals surface area contributed by atoms with Crippen LogP contribution in [0.25, 0.3) is 5.70 Å². The molecule has 2 aromatic rings. The Morgan fingerprint density at radius 2 is 1.72 bits per heavy atom. The monoisotopic (exact) mass is 390 g/mol. The Labute approximate surface area is 166 Å². The van der Waals surface area contributed by atoms with Crippen molar-refractivity contribution >= 4 is 23.3 Å². The molecule has 5 rings (SSSR count). The number of ether oxygens (including phenoxy) is 2. The first-order chi connectivity index (χ1) is 14.0. The van der Waals surface area contributed by atoms with E-state index in [1.165, 1.54) is 6.08 Å². The summed E-state index contributed by atoms with van der Waals surface area (Å²) in [5.41, 5.74) is 3.24. The van der Waals surface area contributed by atoms with Gasteiger partial charge in [-0.15, -0.1) is 0 Å². The molecule has 7 nitrogen and oxygen atoms in total. The van der Waals surface area contributed by atoms with E-state index < -0.39 is 17.9 Å². The number of imide groups is 1. The van der Waals surface area contributed by atoms with Gasteiger partial charge in [-0.05, 0) is 43.2 Å². The van der Waals surface area contributed by atoms with Crippen molar-refractivity contribution in [3.05, 3.63) is 64.7 Å². The maximum atomic E-state index is 13.0. The molecule has 1 atom stereocenters. The molecule has 0 saturated carbocycles. The highest BCUT2D eigenvalue weighted by Gasteiger charge is 2.40. The Kier molecular flexibility index (Phi) is 3.91. The fraction of sp³-hybridized carbons (Fsp3) is 0.227. The predicted octanol–water partition coefficient (Wildman–Crippen LogP) is 2.16. The lowest BCUT2D eigenvalue weighted by atomic mass is 9.96. The highest BCUT2D eigenvalue weighted by atomic mass is 16.7. The molecular formula is C22H18N2O5. The van der Waals surface area contributed by atoms with E-state index in [0.29, 0.717) is 34.9 Å². The first-order valence-electron chi connectivity index (χ1n) is 9.44. The highest BCUT2D eigenvalue weighted by Crippen LogP contribution is 2.38. The van der Waals surface area contributed by atoms with Crippen LogP contribution >= 0.6 is 0 Å². The van der Waals surface area contributed by atoms with Gasteiger partial charge >= 0.3 is 0 Å². The molecule has 1 unspecified atom stereocenters. The molecule has 0 aliphatic carbocycles. The number of nitrogens with one attached hydrogen (secondary N) is 1. The van der Waals surface area contributed by atoms with E-state index in [4.69, 9.17) is 9.47 Å². The van der Waals surface area contributed by atoms with E-state index in [-0.39, 0.29) is 12.6 Å². The number of hydrogen-bond acceptors (Lipinski definition) is 6. The van der Waals surface area contributed by atoms with Crippen molar-refractivity contribution in [3.8, 4) is 11.5 Å². The van der Waals surface area contributed by atoms with Gasteiger partial charge < -0.3 is 14.8 Å². The molecule has 3 aliphatic heterocycles. The molecule has 7 heteroatoms. The number of hydrogen-bond donors (Lipinski definition) is 1. The summed E-state index contributed by atoms with van der Waals surface area (Å²) in [6.45, 7) is 2.43. The van der Waals surface area contributed by atoms with Crippen molar-refractivity contribution in [2.45, 2.75) is 19.4 Å². The molecule has 3 heterocycles. The highest BCUT2D eigenvalue weighted by molar-refractivity contribution is 6.23.